The molecule has 7 nitrogen and oxygen atoms in total. The highest BCUT2D eigenvalue weighted by atomic mass is 15.3. The number of anilines is 2. The predicted octanol–water partition coefficient (Wildman–Crippen LogP) is 1.15. The molecule has 0 bridgehead atoms. The van der Waals surface area contributed by atoms with Gasteiger partial charge >= 0.3 is 0 Å². The van der Waals surface area contributed by atoms with E-state index in [0.717, 1.165) is 49.2 Å². The molecule has 1 aliphatic heterocycles. The maximum atomic E-state index is 4.53. The molecule has 0 spiro atoms. The fourth-order valence-corrected chi connectivity index (χ4v) is 2.79. The summed E-state index contributed by atoms with van der Waals surface area (Å²) in [5.41, 5.74) is 2.04. The molecule has 0 atom stereocenters. The number of aryl methyl sites for hydroxylation is 1. The SMILES string of the molecule is Cc1ccnc(N2CCN(c3nccn4nccc34)CC2)n1. The Balaban J connectivity index is 1.53. The standard InChI is InChI=1S/C15H17N7/c1-12-2-4-17-15(19-12)21-10-8-20(9-11-21)14-13-3-5-18-22(13)7-6-16-14/h2-7H,8-11H2,1H3. The highest BCUT2D eigenvalue weighted by Gasteiger charge is 2.21. The van der Waals surface area contributed by atoms with Crippen LogP contribution < -0.4 is 9.80 Å². The summed E-state index contributed by atoms with van der Waals surface area (Å²) < 4.78 is 1.86. The number of hydrogen-bond donors (Lipinski definition) is 0. The third kappa shape index (κ3) is 2.24. The zero-order valence-corrected chi connectivity index (χ0v) is 12.4. The van der Waals surface area contributed by atoms with Crippen molar-refractivity contribution in [2.24, 2.45) is 0 Å². The molecule has 1 fully saturated rings. The van der Waals surface area contributed by atoms with Crippen molar-refractivity contribution in [1.82, 2.24) is 24.6 Å². The minimum absolute atomic E-state index is 0.815. The fraction of sp³-hybridized carbons (Fsp3) is 0.333. The van der Waals surface area contributed by atoms with E-state index in [1.165, 1.54) is 0 Å². The van der Waals surface area contributed by atoms with Gasteiger partial charge in [-0.2, -0.15) is 5.10 Å². The molecule has 112 valence electrons. The largest absolute Gasteiger partial charge is 0.351 e. The molecule has 0 unspecified atom stereocenters. The van der Waals surface area contributed by atoms with Crippen molar-refractivity contribution in [3.05, 3.63) is 42.6 Å². The molecule has 0 radical (unpaired) electrons. The van der Waals surface area contributed by atoms with Crippen LogP contribution in [0.1, 0.15) is 5.69 Å². The lowest BCUT2D eigenvalue weighted by molar-refractivity contribution is 0.634. The second-order valence-corrected chi connectivity index (χ2v) is 5.38. The molecule has 3 aromatic heterocycles. The number of rotatable bonds is 2. The Morgan fingerprint density at radius 1 is 0.909 bits per heavy atom. The summed E-state index contributed by atoms with van der Waals surface area (Å²) in [5, 5.41) is 4.27. The second kappa shape index (κ2) is 5.25. The topological polar surface area (TPSA) is 62.5 Å². The number of piperazine rings is 1. The maximum absolute atomic E-state index is 4.53. The van der Waals surface area contributed by atoms with Crippen molar-refractivity contribution < 1.29 is 0 Å². The van der Waals surface area contributed by atoms with Crippen LogP contribution in [0.15, 0.2) is 36.9 Å². The van der Waals surface area contributed by atoms with Crippen LogP contribution in [0.2, 0.25) is 0 Å². The zero-order valence-electron chi connectivity index (χ0n) is 12.4. The summed E-state index contributed by atoms with van der Waals surface area (Å²) in [6, 6.07) is 3.92. The molecule has 22 heavy (non-hydrogen) atoms. The van der Waals surface area contributed by atoms with E-state index in [1.54, 1.807) is 12.4 Å². The average molecular weight is 295 g/mol. The van der Waals surface area contributed by atoms with Gasteiger partial charge in [-0.05, 0) is 19.1 Å². The smallest absolute Gasteiger partial charge is 0.225 e. The molecule has 4 heterocycles. The Morgan fingerprint density at radius 2 is 1.73 bits per heavy atom. The Bertz CT molecular complexity index is 789. The lowest BCUT2D eigenvalue weighted by Gasteiger charge is -2.35. The highest BCUT2D eigenvalue weighted by Crippen LogP contribution is 2.20. The maximum Gasteiger partial charge on any atom is 0.225 e. The van der Waals surface area contributed by atoms with Gasteiger partial charge in [0, 0.05) is 50.5 Å². The monoisotopic (exact) mass is 295 g/mol. The van der Waals surface area contributed by atoms with Crippen molar-refractivity contribution in [3.63, 3.8) is 0 Å². The van der Waals surface area contributed by atoms with Crippen molar-refractivity contribution in [3.8, 4) is 0 Å². The van der Waals surface area contributed by atoms with Gasteiger partial charge in [-0.15, -0.1) is 0 Å². The molecule has 0 N–H and O–H groups in total. The van der Waals surface area contributed by atoms with Gasteiger partial charge in [0.15, 0.2) is 5.82 Å². The summed E-state index contributed by atoms with van der Waals surface area (Å²) in [5.74, 6) is 1.81. The molecule has 4 rings (SSSR count). The zero-order chi connectivity index (χ0) is 14.9. The summed E-state index contributed by atoms with van der Waals surface area (Å²) in [6.07, 6.45) is 7.29. The first-order valence-electron chi connectivity index (χ1n) is 7.39. The van der Waals surface area contributed by atoms with Crippen LogP contribution in [-0.4, -0.2) is 50.7 Å². The van der Waals surface area contributed by atoms with Crippen LogP contribution in [0.3, 0.4) is 0 Å². The summed E-state index contributed by atoms with van der Waals surface area (Å²) in [7, 11) is 0. The highest BCUT2D eigenvalue weighted by molar-refractivity contribution is 5.68. The minimum atomic E-state index is 0.815. The van der Waals surface area contributed by atoms with Crippen LogP contribution in [0.4, 0.5) is 11.8 Å². The molecule has 0 aliphatic carbocycles. The van der Waals surface area contributed by atoms with Gasteiger partial charge in [-0.25, -0.2) is 19.5 Å². The first kappa shape index (κ1) is 13.0. The number of aromatic nitrogens is 5. The minimum Gasteiger partial charge on any atom is -0.351 e. The third-order valence-electron chi connectivity index (χ3n) is 3.95. The quantitative estimate of drug-likeness (QED) is 0.707. The number of hydrogen-bond acceptors (Lipinski definition) is 6. The van der Waals surface area contributed by atoms with Gasteiger partial charge in [-0.1, -0.05) is 0 Å². The molecular formula is C15H17N7. The summed E-state index contributed by atoms with van der Waals surface area (Å²) in [4.78, 5) is 17.9. The summed E-state index contributed by atoms with van der Waals surface area (Å²) in [6.45, 7) is 5.57. The molecule has 1 aliphatic rings. The van der Waals surface area contributed by atoms with Gasteiger partial charge in [0.1, 0.15) is 5.52 Å². The van der Waals surface area contributed by atoms with Crippen molar-refractivity contribution in [2.45, 2.75) is 6.92 Å². The molecule has 3 aromatic rings. The average Bonchev–Trinajstić information content (AvgIpc) is 3.04. The normalized spacial score (nSPS) is 15.5. The first-order valence-corrected chi connectivity index (χ1v) is 7.39. The lowest BCUT2D eigenvalue weighted by Crippen LogP contribution is -2.47. The molecule has 0 saturated carbocycles. The fourth-order valence-electron chi connectivity index (χ4n) is 2.79. The van der Waals surface area contributed by atoms with Gasteiger partial charge < -0.3 is 9.80 Å². The van der Waals surface area contributed by atoms with Gasteiger partial charge in [0.05, 0.1) is 6.20 Å². The van der Waals surface area contributed by atoms with Crippen LogP contribution in [0, 0.1) is 6.92 Å². The number of nitrogens with zero attached hydrogens (tertiary/aromatic N) is 7. The number of fused-ring (bicyclic) bond motifs is 1. The van der Waals surface area contributed by atoms with E-state index in [4.69, 9.17) is 0 Å². The van der Waals surface area contributed by atoms with E-state index < -0.39 is 0 Å². The van der Waals surface area contributed by atoms with E-state index in [2.05, 4.69) is 29.9 Å². The van der Waals surface area contributed by atoms with Crippen LogP contribution >= 0.6 is 0 Å². The Kier molecular flexibility index (Phi) is 3.10. The van der Waals surface area contributed by atoms with Crippen LogP contribution in [-0.2, 0) is 0 Å². The Morgan fingerprint density at radius 3 is 2.55 bits per heavy atom. The predicted molar refractivity (Wildman–Crippen MR) is 84.2 cm³/mol. The van der Waals surface area contributed by atoms with Gasteiger partial charge in [0.2, 0.25) is 5.95 Å². The van der Waals surface area contributed by atoms with Crippen LogP contribution in [0.5, 0.6) is 0 Å². The molecule has 1 saturated heterocycles. The summed E-state index contributed by atoms with van der Waals surface area (Å²) >= 11 is 0. The Hall–Kier alpha value is -2.70. The van der Waals surface area contributed by atoms with E-state index in [9.17, 15) is 0 Å². The molecule has 0 amide bonds. The molecule has 7 heteroatoms. The first-order chi connectivity index (χ1) is 10.8. The van der Waals surface area contributed by atoms with E-state index in [-0.39, 0.29) is 0 Å². The van der Waals surface area contributed by atoms with Crippen molar-refractivity contribution in [1.29, 1.82) is 0 Å². The molecular weight excluding hydrogens is 278 g/mol. The molecule has 0 aromatic carbocycles. The second-order valence-electron chi connectivity index (χ2n) is 5.38. The van der Waals surface area contributed by atoms with Crippen LogP contribution in [0.25, 0.3) is 5.52 Å². The third-order valence-corrected chi connectivity index (χ3v) is 3.95. The van der Waals surface area contributed by atoms with Gasteiger partial charge in [0.25, 0.3) is 0 Å². The van der Waals surface area contributed by atoms with Gasteiger partial charge in [-0.3, -0.25) is 0 Å². The van der Waals surface area contributed by atoms with E-state index in [1.807, 2.05) is 36.0 Å². The van der Waals surface area contributed by atoms with E-state index in [0.29, 0.717) is 0 Å². The Labute approximate surface area is 128 Å². The van der Waals surface area contributed by atoms with E-state index >= 15 is 0 Å². The van der Waals surface area contributed by atoms with Crippen molar-refractivity contribution >= 4 is 17.3 Å². The lowest BCUT2D eigenvalue weighted by atomic mass is 10.3. The van der Waals surface area contributed by atoms with Crippen molar-refractivity contribution in [2.75, 3.05) is 36.0 Å².